The van der Waals surface area contributed by atoms with Crippen LogP contribution in [0.25, 0.3) is 0 Å². The molecule has 0 saturated heterocycles. The number of rotatable bonds is 1. The average molecular weight is 154 g/mol. The summed E-state index contributed by atoms with van der Waals surface area (Å²) in [4.78, 5) is 0. The molecule has 0 unspecified atom stereocenters. The van der Waals surface area contributed by atoms with Gasteiger partial charge in [-0.3, -0.25) is 0 Å². The maximum Gasteiger partial charge on any atom is 0.412 e. The molecule has 0 aliphatic carbocycles. The van der Waals surface area contributed by atoms with Crippen LogP contribution in [0.2, 0.25) is 0 Å². The first-order valence-electron chi connectivity index (χ1n) is 2.74. The van der Waals surface area contributed by atoms with E-state index in [1.807, 2.05) is 0 Å². The van der Waals surface area contributed by atoms with E-state index in [0.29, 0.717) is 0 Å². The molecule has 0 aromatic rings. The van der Waals surface area contributed by atoms with E-state index in [9.17, 15) is 13.2 Å². The Morgan fingerprint density at radius 2 is 1.70 bits per heavy atom. The summed E-state index contributed by atoms with van der Waals surface area (Å²) >= 11 is 0. The normalized spacial score (nSPS) is 15.0. The molecule has 0 aromatic heterocycles. The number of hydrogen-bond donors (Lipinski definition) is 1. The predicted molar refractivity (Wildman–Crippen MR) is 31.5 cm³/mol. The summed E-state index contributed by atoms with van der Waals surface area (Å²) in [6.45, 7) is 1.67. The van der Waals surface area contributed by atoms with Gasteiger partial charge in [-0.05, 0) is 19.4 Å². The molecule has 0 atom stereocenters. The molecule has 0 amide bonds. The van der Waals surface area contributed by atoms with Crippen LogP contribution in [0.15, 0.2) is 11.1 Å². The molecule has 0 bridgehead atoms. The summed E-state index contributed by atoms with van der Waals surface area (Å²) in [6.07, 6.45) is -4.30. The summed E-state index contributed by atoms with van der Waals surface area (Å²) < 4.78 is 35.2. The van der Waals surface area contributed by atoms with E-state index in [4.69, 9.17) is 5.11 Å². The lowest BCUT2D eigenvalue weighted by Crippen LogP contribution is -2.11. The molecule has 10 heavy (non-hydrogen) atoms. The fraction of sp³-hybridized carbons (Fsp3) is 0.667. The van der Waals surface area contributed by atoms with Crippen molar-refractivity contribution in [1.29, 1.82) is 0 Å². The van der Waals surface area contributed by atoms with E-state index in [1.54, 1.807) is 0 Å². The van der Waals surface area contributed by atoms with Gasteiger partial charge in [-0.2, -0.15) is 13.2 Å². The van der Waals surface area contributed by atoms with E-state index < -0.39 is 18.4 Å². The largest absolute Gasteiger partial charge is 0.412 e. The number of alkyl halides is 3. The highest BCUT2D eigenvalue weighted by atomic mass is 19.4. The van der Waals surface area contributed by atoms with Gasteiger partial charge in [-0.15, -0.1) is 0 Å². The molecule has 1 N–H and O–H groups in total. The molecule has 0 aliphatic heterocycles. The lowest BCUT2D eigenvalue weighted by Gasteiger charge is -2.08. The highest BCUT2D eigenvalue weighted by Crippen LogP contribution is 2.26. The monoisotopic (exact) mass is 154 g/mol. The first kappa shape index (κ1) is 9.49. The van der Waals surface area contributed by atoms with Crippen molar-refractivity contribution in [1.82, 2.24) is 0 Å². The second-order valence-electron chi connectivity index (χ2n) is 2.06. The predicted octanol–water partition coefficient (Wildman–Crippen LogP) is 1.88. The summed E-state index contributed by atoms with van der Waals surface area (Å²) in [7, 11) is 0. The topological polar surface area (TPSA) is 20.2 Å². The van der Waals surface area contributed by atoms with Crippen molar-refractivity contribution in [3.63, 3.8) is 0 Å². The molecule has 4 heteroatoms. The van der Waals surface area contributed by atoms with E-state index in [1.165, 1.54) is 6.92 Å². The van der Waals surface area contributed by atoms with Crippen molar-refractivity contribution in [2.24, 2.45) is 0 Å². The molecule has 0 heterocycles. The standard InChI is InChI=1S/C6H9F3O/c1-4(3-10)5(2)6(7,8)9/h10H,3H2,1-2H3. The van der Waals surface area contributed by atoms with E-state index in [-0.39, 0.29) is 5.57 Å². The lowest BCUT2D eigenvalue weighted by atomic mass is 10.1. The average Bonchev–Trinajstić information content (AvgIpc) is 1.83. The third-order valence-electron chi connectivity index (χ3n) is 1.30. The van der Waals surface area contributed by atoms with Crippen LogP contribution in [0.1, 0.15) is 13.8 Å². The first-order chi connectivity index (χ1) is 4.39. The number of aliphatic hydroxyl groups is 1. The van der Waals surface area contributed by atoms with Gasteiger partial charge < -0.3 is 5.11 Å². The third kappa shape index (κ3) is 2.39. The van der Waals surface area contributed by atoms with Gasteiger partial charge in [-0.1, -0.05) is 0 Å². The zero-order valence-corrected chi connectivity index (χ0v) is 5.79. The zero-order chi connectivity index (χ0) is 8.36. The molecule has 0 fully saturated rings. The summed E-state index contributed by atoms with van der Waals surface area (Å²) in [5, 5.41) is 8.31. The zero-order valence-electron chi connectivity index (χ0n) is 5.79. The van der Waals surface area contributed by atoms with Crippen molar-refractivity contribution >= 4 is 0 Å². The minimum Gasteiger partial charge on any atom is -0.392 e. The van der Waals surface area contributed by atoms with Crippen LogP contribution in [0.5, 0.6) is 0 Å². The van der Waals surface area contributed by atoms with Crippen LogP contribution in [0.3, 0.4) is 0 Å². The molecular weight excluding hydrogens is 145 g/mol. The Bertz CT molecular complexity index is 146. The van der Waals surface area contributed by atoms with E-state index >= 15 is 0 Å². The van der Waals surface area contributed by atoms with E-state index in [2.05, 4.69) is 0 Å². The Labute approximate surface area is 57.2 Å². The van der Waals surface area contributed by atoms with Crippen LogP contribution in [0, 0.1) is 0 Å². The van der Waals surface area contributed by atoms with Gasteiger partial charge in [0, 0.05) is 5.57 Å². The summed E-state index contributed by atoms with van der Waals surface area (Å²) in [5.41, 5.74) is -0.748. The van der Waals surface area contributed by atoms with Crippen molar-refractivity contribution in [2.45, 2.75) is 20.0 Å². The molecule has 0 rings (SSSR count). The molecule has 1 nitrogen and oxygen atoms in total. The molecule has 60 valence electrons. The fourth-order valence-corrected chi connectivity index (χ4v) is 0.361. The Morgan fingerprint density at radius 1 is 1.30 bits per heavy atom. The SMILES string of the molecule is CC(CO)=C(C)C(F)(F)F. The van der Waals surface area contributed by atoms with Gasteiger partial charge in [0.1, 0.15) is 0 Å². The van der Waals surface area contributed by atoms with Crippen LogP contribution in [-0.4, -0.2) is 17.9 Å². The molecule has 0 aliphatic rings. The smallest absolute Gasteiger partial charge is 0.392 e. The molecule has 0 aromatic carbocycles. The second-order valence-corrected chi connectivity index (χ2v) is 2.06. The lowest BCUT2D eigenvalue weighted by molar-refractivity contribution is -0.0925. The van der Waals surface area contributed by atoms with Gasteiger partial charge in [0.25, 0.3) is 0 Å². The van der Waals surface area contributed by atoms with Gasteiger partial charge >= 0.3 is 6.18 Å². The highest BCUT2D eigenvalue weighted by molar-refractivity contribution is 5.14. The number of aliphatic hydroxyl groups excluding tert-OH is 1. The Morgan fingerprint density at radius 3 is 1.80 bits per heavy atom. The van der Waals surface area contributed by atoms with Gasteiger partial charge in [0.15, 0.2) is 0 Å². The summed E-state index contributed by atoms with van der Waals surface area (Å²) in [6, 6.07) is 0. The van der Waals surface area contributed by atoms with Crippen LogP contribution in [0.4, 0.5) is 13.2 Å². The van der Waals surface area contributed by atoms with Gasteiger partial charge in [0.05, 0.1) is 6.61 Å². The minimum absolute atomic E-state index is 0.0347. The van der Waals surface area contributed by atoms with Crippen LogP contribution >= 0.6 is 0 Å². The Hall–Kier alpha value is -0.510. The highest BCUT2D eigenvalue weighted by Gasteiger charge is 2.31. The second kappa shape index (κ2) is 3.05. The molecular formula is C6H9F3O. The Kier molecular flexibility index (Phi) is 2.90. The number of halogens is 3. The number of hydrogen-bond acceptors (Lipinski definition) is 1. The molecule has 0 radical (unpaired) electrons. The number of allylic oxidation sites excluding steroid dienone is 1. The quantitative estimate of drug-likeness (QED) is 0.571. The third-order valence-corrected chi connectivity index (χ3v) is 1.30. The van der Waals surface area contributed by atoms with Gasteiger partial charge in [-0.25, -0.2) is 0 Å². The first-order valence-corrected chi connectivity index (χ1v) is 2.74. The van der Waals surface area contributed by atoms with Crippen LogP contribution in [-0.2, 0) is 0 Å². The minimum atomic E-state index is -4.30. The molecule has 0 spiro atoms. The summed E-state index contributed by atoms with van der Waals surface area (Å²) in [5.74, 6) is 0. The van der Waals surface area contributed by atoms with Crippen molar-refractivity contribution < 1.29 is 18.3 Å². The maximum atomic E-state index is 11.7. The van der Waals surface area contributed by atoms with Crippen molar-refractivity contribution in [2.75, 3.05) is 6.61 Å². The maximum absolute atomic E-state index is 11.7. The molecule has 0 saturated carbocycles. The van der Waals surface area contributed by atoms with Gasteiger partial charge in [0.2, 0.25) is 0 Å². The van der Waals surface area contributed by atoms with Crippen molar-refractivity contribution in [3.8, 4) is 0 Å². The van der Waals surface area contributed by atoms with Crippen LogP contribution < -0.4 is 0 Å². The van der Waals surface area contributed by atoms with Crippen molar-refractivity contribution in [3.05, 3.63) is 11.1 Å². The Balaban J connectivity index is 4.47. The fourth-order valence-electron chi connectivity index (χ4n) is 0.361. The van der Waals surface area contributed by atoms with E-state index in [0.717, 1.165) is 6.92 Å².